The molecule has 0 saturated heterocycles. The highest BCUT2D eigenvalue weighted by molar-refractivity contribution is 9.10. The maximum Gasteiger partial charge on any atom is 0.296 e. The normalized spacial score (nSPS) is 11.9. The van der Waals surface area contributed by atoms with Crippen molar-refractivity contribution in [3.63, 3.8) is 0 Å². The van der Waals surface area contributed by atoms with Gasteiger partial charge in [0.1, 0.15) is 17.5 Å². The van der Waals surface area contributed by atoms with E-state index in [1.54, 1.807) is 24.6 Å². The number of aromatic nitrogens is 2. The molecule has 8 nitrogen and oxygen atoms in total. The van der Waals surface area contributed by atoms with Gasteiger partial charge in [-0.15, -0.1) is 0 Å². The Hall–Kier alpha value is -2.42. The van der Waals surface area contributed by atoms with Crippen LogP contribution in [-0.4, -0.2) is 27.2 Å². The number of ether oxygens (including phenoxy) is 1. The van der Waals surface area contributed by atoms with E-state index in [4.69, 9.17) is 4.74 Å². The monoisotopic (exact) mass is 410 g/mol. The molecule has 1 N–H and O–H groups in total. The first-order valence-corrected chi connectivity index (χ1v) is 8.48. The van der Waals surface area contributed by atoms with Gasteiger partial charge in [-0.25, -0.2) is 0 Å². The summed E-state index contributed by atoms with van der Waals surface area (Å²) >= 11 is 3.42. The molecule has 0 bridgehead atoms. The quantitative estimate of drug-likeness (QED) is 0.576. The Balaban J connectivity index is 2.27. The molecule has 1 heterocycles. The maximum absolute atomic E-state index is 12.5. The SMILES string of the molecule is CCOc1ccc(NC(=O)C(C)n2nc(C)c(Br)c2C)c([N+](=O)[O-])c1. The number of nitrogens with one attached hydrogen (secondary N) is 1. The minimum absolute atomic E-state index is 0.117. The minimum Gasteiger partial charge on any atom is -0.494 e. The number of hydrogen-bond donors (Lipinski definition) is 1. The van der Waals surface area contributed by atoms with Gasteiger partial charge >= 0.3 is 0 Å². The highest BCUT2D eigenvalue weighted by Crippen LogP contribution is 2.30. The number of aryl methyl sites for hydroxylation is 1. The summed E-state index contributed by atoms with van der Waals surface area (Å²) in [6.45, 7) is 7.53. The Morgan fingerprint density at radius 2 is 2.16 bits per heavy atom. The van der Waals surface area contributed by atoms with Crippen molar-refractivity contribution in [3.8, 4) is 5.75 Å². The fraction of sp³-hybridized carbons (Fsp3) is 0.375. The third-order valence-electron chi connectivity index (χ3n) is 3.72. The zero-order chi connectivity index (χ0) is 18.7. The zero-order valence-electron chi connectivity index (χ0n) is 14.4. The molecule has 25 heavy (non-hydrogen) atoms. The highest BCUT2D eigenvalue weighted by atomic mass is 79.9. The highest BCUT2D eigenvalue weighted by Gasteiger charge is 2.23. The van der Waals surface area contributed by atoms with Gasteiger partial charge in [0.05, 0.1) is 33.5 Å². The van der Waals surface area contributed by atoms with Crippen LogP contribution in [0, 0.1) is 24.0 Å². The van der Waals surface area contributed by atoms with E-state index in [-0.39, 0.29) is 11.4 Å². The largest absolute Gasteiger partial charge is 0.494 e. The van der Waals surface area contributed by atoms with Crippen LogP contribution in [0.25, 0.3) is 0 Å². The molecule has 1 amide bonds. The van der Waals surface area contributed by atoms with E-state index in [1.807, 2.05) is 13.8 Å². The molecule has 0 radical (unpaired) electrons. The van der Waals surface area contributed by atoms with Gasteiger partial charge in [0.2, 0.25) is 5.91 Å². The molecular formula is C16H19BrN4O4. The second-order valence-electron chi connectivity index (χ2n) is 5.46. The van der Waals surface area contributed by atoms with Gasteiger partial charge in [0.15, 0.2) is 0 Å². The molecule has 1 aromatic carbocycles. The van der Waals surface area contributed by atoms with Crippen molar-refractivity contribution in [1.82, 2.24) is 9.78 Å². The van der Waals surface area contributed by atoms with Crippen LogP contribution in [0.3, 0.4) is 0 Å². The summed E-state index contributed by atoms with van der Waals surface area (Å²) in [6, 6.07) is 3.71. The number of rotatable bonds is 6. The van der Waals surface area contributed by atoms with E-state index in [9.17, 15) is 14.9 Å². The molecule has 134 valence electrons. The Kier molecular flexibility index (Phi) is 5.78. The van der Waals surface area contributed by atoms with E-state index in [0.29, 0.717) is 12.4 Å². The summed E-state index contributed by atoms with van der Waals surface area (Å²) < 4.78 is 7.68. The first-order valence-electron chi connectivity index (χ1n) is 7.69. The number of nitro benzene ring substituents is 1. The Morgan fingerprint density at radius 3 is 2.68 bits per heavy atom. The van der Waals surface area contributed by atoms with Crippen molar-refractivity contribution in [3.05, 3.63) is 44.2 Å². The molecule has 0 aliphatic carbocycles. The molecule has 0 saturated carbocycles. The van der Waals surface area contributed by atoms with Gasteiger partial charge in [-0.05, 0) is 55.8 Å². The summed E-state index contributed by atoms with van der Waals surface area (Å²) in [5, 5.41) is 18.2. The number of amides is 1. The number of anilines is 1. The number of carbonyl (C=O) groups is 1. The van der Waals surface area contributed by atoms with E-state index in [1.165, 1.54) is 12.1 Å². The smallest absolute Gasteiger partial charge is 0.296 e. The van der Waals surface area contributed by atoms with Crippen LogP contribution >= 0.6 is 15.9 Å². The minimum atomic E-state index is -0.629. The van der Waals surface area contributed by atoms with Crippen LogP contribution in [0.15, 0.2) is 22.7 Å². The van der Waals surface area contributed by atoms with Gasteiger partial charge in [-0.1, -0.05) is 0 Å². The fourth-order valence-electron chi connectivity index (χ4n) is 2.39. The Morgan fingerprint density at radius 1 is 1.48 bits per heavy atom. The summed E-state index contributed by atoms with van der Waals surface area (Å²) in [7, 11) is 0. The molecule has 2 aromatic rings. The Bertz CT molecular complexity index is 819. The van der Waals surface area contributed by atoms with Crippen LogP contribution in [0.5, 0.6) is 5.75 Å². The molecule has 0 aliphatic heterocycles. The lowest BCUT2D eigenvalue weighted by molar-refractivity contribution is -0.384. The van der Waals surface area contributed by atoms with E-state index in [2.05, 4.69) is 26.3 Å². The predicted molar refractivity (Wildman–Crippen MR) is 97.0 cm³/mol. The van der Waals surface area contributed by atoms with Crippen molar-refractivity contribution in [1.29, 1.82) is 0 Å². The summed E-state index contributed by atoms with van der Waals surface area (Å²) in [4.78, 5) is 23.3. The third kappa shape index (κ3) is 3.98. The zero-order valence-corrected chi connectivity index (χ0v) is 16.0. The maximum atomic E-state index is 12.5. The standard InChI is InChI=1S/C16H19BrN4O4/c1-5-25-12-6-7-13(14(8-12)21(23)24)18-16(22)11(4)20-10(3)15(17)9(2)19-20/h6-8,11H,5H2,1-4H3,(H,18,22). The molecule has 9 heteroatoms. The number of benzene rings is 1. The van der Waals surface area contributed by atoms with Crippen molar-refractivity contribution in [2.24, 2.45) is 0 Å². The van der Waals surface area contributed by atoms with Crippen molar-refractivity contribution in [2.75, 3.05) is 11.9 Å². The van der Waals surface area contributed by atoms with Crippen molar-refractivity contribution in [2.45, 2.75) is 33.7 Å². The van der Waals surface area contributed by atoms with Crippen LogP contribution in [0.4, 0.5) is 11.4 Å². The first-order chi connectivity index (χ1) is 11.8. The van der Waals surface area contributed by atoms with E-state index < -0.39 is 16.9 Å². The topological polar surface area (TPSA) is 99.3 Å². The molecule has 0 spiro atoms. The van der Waals surface area contributed by atoms with Crippen molar-refractivity contribution < 1.29 is 14.5 Å². The molecular weight excluding hydrogens is 392 g/mol. The number of carbonyl (C=O) groups excluding carboxylic acids is 1. The lowest BCUT2D eigenvalue weighted by atomic mass is 10.2. The Labute approximate surface area is 153 Å². The van der Waals surface area contributed by atoms with E-state index >= 15 is 0 Å². The number of hydrogen-bond acceptors (Lipinski definition) is 5. The van der Waals surface area contributed by atoms with Crippen LogP contribution in [0.2, 0.25) is 0 Å². The average Bonchev–Trinajstić information content (AvgIpc) is 2.83. The molecule has 1 aromatic heterocycles. The van der Waals surface area contributed by atoms with Gasteiger partial charge in [-0.2, -0.15) is 5.10 Å². The third-order valence-corrected chi connectivity index (χ3v) is 4.87. The summed E-state index contributed by atoms with van der Waals surface area (Å²) in [6.07, 6.45) is 0. The van der Waals surface area contributed by atoms with Crippen LogP contribution < -0.4 is 10.1 Å². The van der Waals surface area contributed by atoms with E-state index in [0.717, 1.165) is 15.9 Å². The molecule has 1 atom stereocenters. The lowest BCUT2D eigenvalue weighted by Gasteiger charge is -2.15. The first kappa shape index (κ1) is 18.9. The number of nitrogens with zero attached hydrogens (tertiary/aromatic N) is 3. The molecule has 0 aliphatic rings. The summed E-state index contributed by atoms with van der Waals surface area (Å²) in [5.41, 5.74) is 1.47. The van der Waals surface area contributed by atoms with Crippen molar-refractivity contribution >= 4 is 33.2 Å². The molecule has 1 unspecified atom stereocenters. The van der Waals surface area contributed by atoms with Gasteiger partial charge in [-0.3, -0.25) is 19.6 Å². The van der Waals surface area contributed by atoms with Gasteiger partial charge in [0.25, 0.3) is 5.69 Å². The number of halogens is 1. The second kappa shape index (κ2) is 7.64. The summed E-state index contributed by atoms with van der Waals surface area (Å²) in [5.74, 6) is -0.0203. The van der Waals surface area contributed by atoms with Gasteiger partial charge in [0, 0.05) is 0 Å². The molecule has 2 rings (SSSR count). The fourth-order valence-corrected chi connectivity index (χ4v) is 2.65. The van der Waals surface area contributed by atoms with Gasteiger partial charge < -0.3 is 10.1 Å². The van der Waals surface area contributed by atoms with Crippen LogP contribution in [0.1, 0.15) is 31.3 Å². The van der Waals surface area contributed by atoms with Crippen LogP contribution in [-0.2, 0) is 4.79 Å². The number of nitro groups is 1. The lowest BCUT2D eigenvalue weighted by Crippen LogP contribution is -2.25. The molecule has 0 fully saturated rings. The predicted octanol–water partition coefficient (Wildman–Crippen LogP) is 3.77. The second-order valence-corrected chi connectivity index (χ2v) is 6.26. The average molecular weight is 411 g/mol.